The molecule has 1 amide bonds. The first kappa shape index (κ1) is 15.5. The van der Waals surface area contributed by atoms with Gasteiger partial charge in [0.05, 0.1) is 19.6 Å². The lowest BCUT2D eigenvalue weighted by molar-refractivity contribution is -0.144. The van der Waals surface area contributed by atoms with Crippen LogP contribution in [0.15, 0.2) is 24.3 Å². The summed E-state index contributed by atoms with van der Waals surface area (Å²) in [5.41, 5.74) is 1.72. The highest BCUT2D eigenvalue weighted by atomic mass is 16.5. The molecule has 1 aromatic rings. The number of nitriles is 1. The molecule has 6 nitrogen and oxygen atoms in total. The Hall–Kier alpha value is -2.55. The minimum absolute atomic E-state index is 0.226. The molecule has 0 bridgehead atoms. The number of methoxy groups -OCH3 is 1. The fourth-order valence-electron chi connectivity index (χ4n) is 1.63. The summed E-state index contributed by atoms with van der Waals surface area (Å²) in [4.78, 5) is 22.5. The standard InChI is InChI=1S/C14H17N3O3/c1-10(18)17-13(14(19)20-2)9-16-12-5-3-11(4-6-12)7-8-15/h3-6,13,16H,7,9H2,1-2H3,(H,17,18). The van der Waals surface area contributed by atoms with E-state index in [4.69, 9.17) is 5.26 Å². The second-order valence-electron chi connectivity index (χ2n) is 4.19. The summed E-state index contributed by atoms with van der Waals surface area (Å²) in [5, 5.41) is 14.1. The zero-order valence-corrected chi connectivity index (χ0v) is 11.5. The van der Waals surface area contributed by atoms with E-state index in [9.17, 15) is 9.59 Å². The third kappa shape index (κ3) is 4.98. The van der Waals surface area contributed by atoms with Crippen LogP contribution in [0.1, 0.15) is 12.5 Å². The molecule has 0 aliphatic rings. The Labute approximate surface area is 117 Å². The van der Waals surface area contributed by atoms with E-state index in [0.29, 0.717) is 6.42 Å². The van der Waals surface area contributed by atoms with Crippen molar-refractivity contribution in [1.82, 2.24) is 5.32 Å². The van der Waals surface area contributed by atoms with Gasteiger partial charge in [-0.05, 0) is 17.7 Å². The molecule has 1 aromatic carbocycles. The lowest BCUT2D eigenvalue weighted by Gasteiger charge is -2.16. The predicted molar refractivity (Wildman–Crippen MR) is 73.9 cm³/mol. The van der Waals surface area contributed by atoms with Crippen molar-refractivity contribution in [2.75, 3.05) is 19.0 Å². The van der Waals surface area contributed by atoms with Gasteiger partial charge in [0.15, 0.2) is 0 Å². The second kappa shape index (κ2) is 7.79. The fraction of sp³-hybridized carbons (Fsp3) is 0.357. The van der Waals surface area contributed by atoms with Crippen LogP contribution >= 0.6 is 0 Å². The maximum Gasteiger partial charge on any atom is 0.330 e. The predicted octanol–water partition coefficient (Wildman–Crippen LogP) is 0.842. The zero-order chi connectivity index (χ0) is 15.0. The number of nitrogens with one attached hydrogen (secondary N) is 2. The lowest BCUT2D eigenvalue weighted by atomic mass is 10.1. The number of rotatable bonds is 6. The van der Waals surface area contributed by atoms with Crippen LogP contribution in [0, 0.1) is 11.3 Å². The van der Waals surface area contributed by atoms with Gasteiger partial charge in [-0.3, -0.25) is 4.79 Å². The van der Waals surface area contributed by atoms with Crippen molar-refractivity contribution in [2.24, 2.45) is 0 Å². The molecule has 0 heterocycles. The Bertz CT molecular complexity index is 505. The van der Waals surface area contributed by atoms with Gasteiger partial charge in [-0.2, -0.15) is 5.26 Å². The van der Waals surface area contributed by atoms with Gasteiger partial charge in [0.2, 0.25) is 5.91 Å². The lowest BCUT2D eigenvalue weighted by Crippen LogP contribution is -2.45. The molecule has 6 heteroatoms. The summed E-state index contributed by atoms with van der Waals surface area (Å²) in [5.74, 6) is -0.805. The minimum atomic E-state index is -0.740. The summed E-state index contributed by atoms with van der Waals surface area (Å²) in [7, 11) is 1.27. The number of anilines is 1. The van der Waals surface area contributed by atoms with Crippen molar-refractivity contribution >= 4 is 17.6 Å². The number of carbonyl (C=O) groups excluding carboxylic acids is 2. The van der Waals surface area contributed by atoms with Crippen LogP contribution < -0.4 is 10.6 Å². The maximum atomic E-state index is 11.5. The molecule has 0 saturated heterocycles. The van der Waals surface area contributed by atoms with Gasteiger partial charge in [0, 0.05) is 19.2 Å². The van der Waals surface area contributed by atoms with Crippen LogP contribution in [0.5, 0.6) is 0 Å². The number of benzene rings is 1. The molecule has 1 atom stereocenters. The fourth-order valence-corrected chi connectivity index (χ4v) is 1.63. The van der Waals surface area contributed by atoms with Gasteiger partial charge in [-0.15, -0.1) is 0 Å². The summed E-state index contributed by atoms with van der Waals surface area (Å²) >= 11 is 0. The topological polar surface area (TPSA) is 91.2 Å². The second-order valence-corrected chi connectivity index (χ2v) is 4.19. The molecule has 2 N–H and O–H groups in total. The molecule has 0 radical (unpaired) electrons. The van der Waals surface area contributed by atoms with Gasteiger partial charge in [0.25, 0.3) is 0 Å². The van der Waals surface area contributed by atoms with E-state index < -0.39 is 12.0 Å². The summed E-state index contributed by atoms with van der Waals surface area (Å²) in [6, 6.07) is 8.62. The average molecular weight is 275 g/mol. The van der Waals surface area contributed by atoms with Gasteiger partial charge < -0.3 is 15.4 Å². The number of amides is 1. The van der Waals surface area contributed by atoms with Crippen LogP contribution in [0.3, 0.4) is 0 Å². The van der Waals surface area contributed by atoms with E-state index in [1.165, 1.54) is 14.0 Å². The van der Waals surface area contributed by atoms with Crippen molar-refractivity contribution in [3.8, 4) is 6.07 Å². The molecule has 106 valence electrons. The largest absolute Gasteiger partial charge is 0.467 e. The van der Waals surface area contributed by atoms with Gasteiger partial charge in [-0.25, -0.2) is 4.79 Å². The first-order chi connectivity index (χ1) is 9.56. The molecule has 0 saturated carbocycles. The smallest absolute Gasteiger partial charge is 0.330 e. The Morgan fingerprint density at radius 3 is 2.50 bits per heavy atom. The number of carbonyl (C=O) groups is 2. The number of nitrogens with zero attached hydrogens (tertiary/aromatic N) is 1. The van der Waals surface area contributed by atoms with Crippen molar-refractivity contribution in [1.29, 1.82) is 5.26 Å². The zero-order valence-electron chi connectivity index (χ0n) is 11.5. The molecule has 20 heavy (non-hydrogen) atoms. The molecule has 1 rings (SSSR count). The van der Waals surface area contributed by atoms with Crippen molar-refractivity contribution in [3.63, 3.8) is 0 Å². The Morgan fingerprint density at radius 1 is 1.35 bits per heavy atom. The summed E-state index contributed by atoms with van der Waals surface area (Å²) < 4.78 is 4.62. The highest BCUT2D eigenvalue weighted by Crippen LogP contribution is 2.10. The number of ether oxygens (including phenoxy) is 1. The van der Waals surface area contributed by atoms with E-state index in [-0.39, 0.29) is 12.5 Å². The van der Waals surface area contributed by atoms with Crippen molar-refractivity contribution < 1.29 is 14.3 Å². The molecule has 0 fully saturated rings. The van der Waals surface area contributed by atoms with Crippen LogP contribution in [-0.4, -0.2) is 31.6 Å². The average Bonchev–Trinajstić information content (AvgIpc) is 2.44. The quantitative estimate of drug-likeness (QED) is 0.751. The van der Waals surface area contributed by atoms with Crippen LogP contribution in [-0.2, 0) is 20.7 Å². The van der Waals surface area contributed by atoms with Gasteiger partial charge >= 0.3 is 5.97 Å². The normalized spacial score (nSPS) is 11.1. The number of esters is 1. The number of hydrogen-bond acceptors (Lipinski definition) is 5. The third-order valence-electron chi connectivity index (χ3n) is 2.61. The van der Waals surface area contributed by atoms with Gasteiger partial charge in [0.1, 0.15) is 6.04 Å². The highest BCUT2D eigenvalue weighted by molar-refractivity contribution is 5.83. The summed E-state index contributed by atoms with van der Waals surface area (Å²) in [6.45, 7) is 1.57. The molecule has 1 unspecified atom stereocenters. The van der Waals surface area contributed by atoms with Crippen molar-refractivity contribution in [3.05, 3.63) is 29.8 Å². The first-order valence-corrected chi connectivity index (χ1v) is 6.11. The van der Waals surface area contributed by atoms with E-state index in [1.54, 1.807) is 0 Å². The number of hydrogen-bond donors (Lipinski definition) is 2. The Balaban J connectivity index is 2.60. The Morgan fingerprint density at radius 2 is 2.00 bits per heavy atom. The van der Waals surface area contributed by atoms with Crippen LogP contribution in [0.4, 0.5) is 5.69 Å². The maximum absolute atomic E-state index is 11.5. The minimum Gasteiger partial charge on any atom is -0.467 e. The highest BCUT2D eigenvalue weighted by Gasteiger charge is 2.19. The first-order valence-electron chi connectivity index (χ1n) is 6.11. The molecule has 0 aliphatic heterocycles. The third-order valence-corrected chi connectivity index (χ3v) is 2.61. The molecule has 0 spiro atoms. The van der Waals surface area contributed by atoms with Crippen LogP contribution in [0.2, 0.25) is 0 Å². The molecular weight excluding hydrogens is 258 g/mol. The van der Waals surface area contributed by atoms with E-state index in [2.05, 4.69) is 21.4 Å². The molecular formula is C14H17N3O3. The SMILES string of the molecule is COC(=O)C(CNc1ccc(CC#N)cc1)NC(C)=O. The van der Waals surface area contributed by atoms with E-state index in [0.717, 1.165) is 11.3 Å². The van der Waals surface area contributed by atoms with Gasteiger partial charge in [-0.1, -0.05) is 12.1 Å². The van der Waals surface area contributed by atoms with Crippen molar-refractivity contribution in [2.45, 2.75) is 19.4 Å². The summed E-state index contributed by atoms with van der Waals surface area (Å²) in [6.07, 6.45) is 0.358. The molecule has 0 aromatic heterocycles. The van der Waals surface area contributed by atoms with Crippen LogP contribution in [0.25, 0.3) is 0 Å². The van der Waals surface area contributed by atoms with E-state index in [1.807, 2.05) is 24.3 Å². The Kier molecular flexibility index (Phi) is 6.04. The monoisotopic (exact) mass is 275 g/mol. The van der Waals surface area contributed by atoms with E-state index >= 15 is 0 Å². The molecule has 0 aliphatic carbocycles.